The van der Waals surface area contributed by atoms with Crippen LogP contribution in [0.25, 0.3) is 20.7 Å². The second-order valence-electron chi connectivity index (χ2n) is 9.92. The fourth-order valence-electron chi connectivity index (χ4n) is 4.78. The van der Waals surface area contributed by atoms with Crippen LogP contribution in [0, 0.1) is 0 Å². The number of rotatable bonds is 15. The molecule has 4 rings (SSSR count). The second kappa shape index (κ2) is 15.7. The molecule has 0 spiro atoms. The zero-order valence-electron chi connectivity index (χ0n) is 25.3. The number of unbranched alkanes of at least 4 members (excludes halogenated alkanes) is 1. The first kappa shape index (κ1) is 33.0. The Labute approximate surface area is 263 Å². The molecule has 0 saturated carbocycles. The Kier molecular flexibility index (Phi) is 11.8. The van der Waals surface area contributed by atoms with Crippen LogP contribution in [0.4, 0.5) is 0 Å². The number of methoxy groups -OCH3 is 1. The first-order chi connectivity index (χ1) is 21.3. The molecule has 2 aromatic heterocycles. The molecule has 0 atom stereocenters. The van der Waals surface area contributed by atoms with Gasteiger partial charge in [0.15, 0.2) is 6.79 Å². The summed E-state index contributed by atoms with van der Waals surface area (Å²) in [4.78, 5) is 55.4. The number of ether oxygens (including phenoxy) is 3. The van der Waals surface area contributed by atoms with E-state index in [1.165, 1.54) is 15.9 Å². The maximum atomic E-state index is 14.1. The minimum atomic E-state index is -0.682. The lowest BCUT2D eigenvalue weighted by molar-refractivity contribution is -0.144. The van der Waals surface area contributed by atoms with Crippen molar-refractivity contribution >= 4 is 45.2 Å². The standard InChI is InChI=1S/C32H37N3O7S2/c1-5-7-12-26(36)33-17-24-28-30(38)34(19-27(37)41-6-2)32(39)35(18-22-10-8-9-11-25(22)43-4)31(28)44-29(24)21-13-15-23(16-14-21)42-20-40-3/h8-11,13-16H,5-7,12,17-20H2,1-4H3,(H,33,36). The average Bonchev–Trinajstić information content (AvgIpc) is 3.42. The summed E-state index contributed by atoms with van der Waals surface area (Å²) in [5.74, 6) is -0.207. The molecule has 12 heteroatoms. The molecule has 44 heavy (non-hydrogen) atoms. The van der Waals surface area contributed by atoms with Crippen LogP contribution in [0.15, 0.2) is 63.0 Å². The molecule has 0 bridgehead atoms. The van der Waals surface area contributed by atoms with Crippen LogP contribution >= 0.6 is 23.1 Å². The number of carbonyl (C=O) groups is 2. The molecule has 0 unspecified atom stereocenters. The van der Waals surface area contributed by atoms with Crippen LogP contribution in [-0.4, -0.2) is 47.8 Å². The first-order valence-electron chi connectivity index (χ1n) is 14.4. The lowest BCUT2D eigenvalue weighted by Crippen LogP contribution is -2.42. The molecular weight excluding hydrogens is 603 g/mol. The van der Waals surface area contributed by atoms with E-state index in [9.17, 15) is 19.2 Å². The van der Waals surface area contributed by atoms with Crippen molar-refractivity contribution in [3.63, 3.8) is 0 Å². The van der Waals surface area contributed by atoms with Gasteiger partial charge in [0.2, 0.25) is 5.91 Å². The van der Waals surface area contributed by atoms with Crippen LogP contribution in [0.3, 0.4) is 0 Å². The molecule has 0 fully saturated rings. The van der Waals surface area contributed by atoms with Crippen molar-refractivity contribution < 1.29 is 23.8 Å². The second-order valence-corrected chi connectivity index (χ2v) is 11.8. The van der Waals surface area contributed by atoms with Crippen LogP contribution in [0.5, 0.6) is 5.75 Å². The van der Waals surface area contributed by atoms with E-state index in [1.807, 2.05) is 49.6 Å². The molecule has 234 valence electrons. The van der Waals surface area contributed by atoms with Crippen molar-refractivity contribution in [3.05, 3.63) is 80.5 Å². The Morgan fingerprint density at radius 3 is 2.45 bits per heavy atom. The van der Waals surface area contributed by atoms with Gasteiger partial charge in [0, 0.05) is 35.4 Å². The largest absolute Gasteiger partial charge is 0.468 e. The molecule has 0 saturated heterocycles. The van der Waals surface area contributed by atoms with Crippen LogP contribution in [-0.2, 0) is 38.7 Å². The number of nitrogens with one attached hydrogen (secondary N) is 1. The van der Waals surface area contributed by atoms with Gasteiger partial charge in [-0.3, -0.25) is 19.0 Å². The van der Waals surface area contributed by atoms with Crippen molar-refractivity contribution in [2.45, 2.75) is 57.6 Å². The molecule has 0 aliphatic carbocycles. The van der Waals surface area contributed by atoms with Crippen molar-refractivity contribution in [3.8, 4) is 16.2 Å². The summed E-state index contributed by atoms with van der Waals surface area (Å²) in [5, 5.41) is 3.25. The van der Waals surface area contributed by atoms with Gasteiger partial charge in [0.05, 0.1) is 18.5 Å². The monoisotopic (exact) mass is 639 g/mol. The van der Waals surface area contributed by atoms with E-state index in [2.05, 4.69) is 5.32 Å². The number of thioether (sulfide) groups is 1. The Morgan fingerprint density at radius 1 is 1.02 bits per heavy atom. The van der Waals surface area contributed by atoms with Gasteiger partial charge in [-0.2, -0.15) is 0 Å². The number of amides is 1. The number of benzene rings is 2. The number of aromatic nitrogens is 2. The first-order valence-corrected chi connectivity index (χ1v) is 16.4. The molecule has 0 aliphatic heterocycles. The van der Waals surface area contributed by atoms with E-state index in [-0.39, 0.29) is 37.8 Å². The predicted molar refractivity (Wildman–Crippen MR) is 174 cm³/mol. The molecule has 4 aromatic rings. The fraction of sp³-hybridized carbons (Fsp3) is 0.375. The van der Waals surface area contributed by atoms with E-state index in [1.54, 1.807) is 37.9 Å². The fourth-order valence-corrected chi connectivity index (χ4v) is 6.70. The lowest BCUT2D eigenvalue weighted by atomic mass is 10.1. The number of thiophene rings is 1. The van der Waals surface area contributed by atoms with Crippen molar-refractivity contribution in [2.24, 2.45) is 0 Å². The summed E-state index contributed by atoms with van der Waals surface area (Å²) in [6, 6.07) is 15.1. The third-order valence-corrected chi connectivity index (χ3v) is 9.09. The summed E-state index contributed by atoms with van der Waals surface area (Å²) >= 11 is 2.86. The highest BCUT2D eigenvalue weighted by atomic mass is 32.2. The molecule has 0 aliphatic rings. The van der Waals surface area contributed by atoms with Gasteiger partial charge in [-0.05, 0) is 61.1 Å². The summed E-state index contributed by atoms with van der Waals surface area (Å²) in [5.41, 5.74) is 1.05. The summed E-state index contributed by atoms with van der Waals surface area (Å²) in [6.07, 6.45) is 3.94. The Bertz CT molecular complexity index is 1720. The molecule has 2 aromatic carbocycles. The molecule has 2 heterocycles. The maximum absolute atomic E-state index is 14.1. The topological polar surface area (TPSA) is 118 Å². The minimum Gasteiger partial charge on any atom is -0.468 e. The third-order valence-electron chi connectivity index (χ3n) is 6.95. The Balaban J connectivity index is 1.96. The van der Waals surface area contributed by atoms with Gasteiger partial charge in [0.25, 0.3) is 5.56 Å². The zero-order chi connectivity index (χ0) is 31.6. The highest BCUT2D eigenvalue weighted by molar-refractivity contribution is 7.98. The molecule has 0 radical (unpaired) electrons. The Morgan fingerprint density at radius 2 is 1.77 bits per heavy atom. The predicted octanol–water partition coefficient (Wildman–Crippen LogP) is 5.01. The highest BCUT2D eigenvalue weighted by Crippen LogP contribution is 2.38. The highest BCUT2D eigenvalue weighted by Gasteiger charge is 2.25. The minimum absolute atomic E-state index is 0.0774. The quantitative estimate of drug-likeness (QED) is 0.110. The lowest BCUT2D eigenvalue weighted by Gasteiger charge is -2.14. The number of fused-ring (bicyclic) bond motifs is 1. The molecule has 1 amide bonds. The van der Waals surface area contributed by atoms with Gasteiger partial charge < -0.3 is 19.5 Å². The molecule has 10 nitrogen and oxygen atoms in total. The average molecular weight is 640 g/mol. The van der Waals surface area contributed by atoms with Crippen LogP contribution in [0.1, 0.15) is 44.2 Å². The van der Waals surface area contributed by atoms with Crippen molar-refractivity contribution in [2.75, 3.05) is 26.8 Å². The maximum Gasteiger partial charge on any atom is 0.332 e. The van der Waals surface area contributed by atoms with E-state index >= 15 is 0 Å². The van der Waals surface area contributed by atoms with Crippen LogP contribution in [0.2, 0.25) is 0 Å². The van der Waals surface area contributed by atoms with Gasteiger partial charge in [-0.25, -0.2) is 9.36 Å². The SMILES string of the molecule is CCCCC(=O)NCc1c(-c2ccc(OCOC)cc2)sc2c1c(=O)n(CC(=O)OCC)c(=O)n2Cc1ccccc1SC. The van der Waals surface area contributed by atoms with Gasteiger partial charge in [-0.15, -0.1) is 23.1 Å². The number of esters is 1. The number of hydrogen-bond acceptors (Lipinski definition) is 9. The Hall–Kier alpha value is -3.87. The van der Waals surface area contributed by atoms with Crippen LogP contribution < -0.4 is 21.3 Å². The van der Waals surface area contributed by atoms with Gasteiger partial charge >= 0.3 is 11.7 Å². The number of hydrogen-bond donors (Lipinski definition) is 1. The van der Waals surface area contributed by atoms with Crippen molar-refractivity contribution in [1.82, 2.24) is 14.5 Å². The summed E-state index contributed by atoms with van der Waals surface area (Å²) < 4.78 is 18.1. The molecule has 1 N–H and O–H groups in total. The normalized spacial score (nSPS) is 11.1. The van der Waals surface area contributed by atoms with Gasteiger partial charge in [0.1, 0.15) is 17.1 Å². The van der Waals surface area contributed by atoms with E-state index in [4.69, 9.17) is 14.2 Å². The smallest absolute Gasteiger partial charge is 0.332 e. The number of nitrogens with zero attached hydrogens (tertiary/aromatic N) is 2. The zero-order valence-corrected chi connectivity index (χ0v) is 27.0. The van der Waals surface area contributed by atoms with Crippen molar-refractivity contribution in [1.29, 1.82) is 0 Å². The van der Waals surface area contributed by atoms with Gasteiger partial charge in [-0.1, -0.05) is 31.5 Å². The number of carbonyl (C=O) groups excluding carboxylic acids is 2. The van der Waals surface area contributed by atoms with E-state index in [0.717, 1.165) is 38.3 Å². The molecular formula is C32H37N3O7S2. The third kappa shape index (κ3) is 7.61. The van der Waals surface area contributed by atoms with E-state index < -0.39 is 23.8 Å². The van der Waals surface area contributed by atoms with E-state index in [0.29, 0.717) is 22.6 Å². The summed E-state index contributed by atoms with van der Waals surface area (Å²) in [6.45, 7) is 3.63. The summed E-state index contributed by atoms with van der Waals surface area (Å²) in [7, 11) is 1.54.